The molecule has 0 bridgehead atoms. The molecule has 1 N–H and O–H groups in total. The number of halogens is 1. The van der Waals surface area contributed by atoms with Gasteiger partial charge in [0.1, 0.15) is 12.2 Å². The number of hydrogen-bond acceptors (Lipinski definition) is 6. The number of nitrogens with zero attached hydrogens (tertiary/aromatic N) is 6. The van der Waals surface area contributed by atoms with Crippen molar-refractivity contribution in [1.82, 2.24) is 24.4 Å². The standard InChI is InChI=1S/C26H30ClN7/c1-18-5-4-6-23(19(18)2)33-15-13-32(14-16-33)12-11-28-25-24-26(30-17-29-25)34(20(3)31-24)22-9-7-21(27)8-10-22/h4-10,17H,11-16H2,1-3H3,(H,28,29,30). The number of benzene rings is 2. The van der Waals surface area contributed by atoms with Gasteiger partial charge in [0.2, 0.25) is 0 Å². The van der Waals surface area contributed by atoms with Crippen LogP contribution in [0.4, 0.5) is 11.5 Å². The van der Waals surface area contributed by atoms with E-state index in [-0.39, 0.29) is 0 Å². The molecule has 0 amide bonds. The monoisotopic (exact) mass is 475 g/mol. The van der Waals surface area contributed by atoms with E-state index in [1.807, 2.05) is 35.8 Å². The summed E-state index contributed by atoms with van der Waals surface area (Å²) in [4.78, 5) is 18.8. The molecule has 7 nitrogen and oxygen atoms in total. The van der Waals surface area contributed by atoms with Crippen molar-refractivity contribution in [3.8, 4) is 5.69 Å². The van der Waals surface area contributed by atoms with Gasteiger partial charge in [0, 0.05) is 55.7 Å². The second kappa shape index (κ2) is 9.60. The summed E-state index contributed by atoms with van der Waals surface area (Å²) < 4.78 is 2.03. The number of fused-ring (bicyclic) bond motifs is 1. The SMILES string of the molecule is Cc1cccc(N2CCN(CCNc3ncnc4c3nc(C)n4-c3ccc(Cl)cc3)CC2)c1C. The summed E-state index contributed by atoms with van der Waals surface area (Å²) in [6, 6.07) is 14.3. The normalized spacial score (nSPS) is 14.6. The van der Waals surface area contributed by atoms with Crippen molar-refractivity contribution < 1.29 is 0 Å². The summed E-state index contributed by atoms with van der Waals surface area (Å²) in [5, 5.41) is 4.20. The van der Waals surface area contributed by atoms with Gasteiger partial charge in [-0.05, 0) is 62.2 Å². The van der Waals surface area contributed by atoms with Crippen molar-refractivity contribution in [1.29, 1.82) is 0 Å². The first kappa shape index (κ1) is 22.6. The van der Waals surface area contributed by atoms with Crippen LogP contribution in [-0.4, -0.2) is 63.7 Å². The van der Waals surface area contributed by atoms with Gasteiger partial charge in [0.15, 0.2) is 17.0 Å². The Balaban J connectivity index is 1.22. The zero-order valence-electron chi connectivity index (χ0n) is 19.9. The van der Waals surface area contributed by atoms with Crippen LogP contribution in [0.2, 0.25) is 5.02 Å². The molecule has 176 valence electrons. The average molecular weight is 476 g/mol. The van der Waals surface area contributed by atoms with E-state index in [4.69, 9.17) is 16.6 Å². The van der Waals surface area contributed by atoms with E-state index in [0.717, 1.165) is 67.8 Å². The molecule has 0 unspecified atom stereocenters. The summed E-state index contributed by atoms with van der Waals surface area (Å²) in [6.07, 6.45) is 1.60. The maximum atomic E-state index is 6.06. The number of rotatable bonds is 6. The van der Waals surface area contributed by atoms with Crippen LogP contribution in [-0.2, 0) is 0 Å². The smallest absolute Gasteiger partial charge is 0.170 e. The molecule has 0 saturated carbocycles. The Morgan fingerprint density at radius 3 is 2.47 bits per heavy atom. The maximum absolute atomic E-state index is 6.06. The van der Waals surface area contributed by atoms with Crippen LogP contribution in [0.3, 0.4) is 0 Å². The minimum atomic E-state index is 0.706. The van der Waals surface area contributed by atoms with E-state index in [2.05, 4.69) is 57.1 Å². The highest BCUT2D eigenvalue weighted by Gasteiger charge is 2.19. The number of anilines is 2. The van der Waals surface area contributed by atoms with Crippen LogP contribution in [0.5, 0.6) is 0 Å². The molecule has 34 heavy (non-hydrogen) atoms. The molecule has 0 atom stereocenters. The Kier molecular flexibility index (Phi) is 6.39. The summed E-state index contributed by atoms with van der Waals surface area (Å²) >= 11 is 6.06. The molecule has 1 aliphatic heterocycles. The molecule has 0 aliphatic carbocycles. The van der Waals surface area contributed by atoms with Gasteiger partial charge >= 0.3 is 0 Å². The molecule has 8 heteroatoms. The van der Waals surface area contributed by atoms with Crippen LogP contribution >= 0.6 is 11.6 Å². The second-order valence-corrected chi connectivity index (χ2v) is 9.28. The van der Waals surface area contributed by atoms with Gasteiger partial charge in [-0.1, -0.05) is 23.7 Å². The van der Waals surface area contributed by atoms with Crippen LogP contribution in [0, 0.1) is 20.8 Å². The van der Waals surface area contributed by atoms with E-state index < -0.39 is 0 Å². The Hall–Kier alpha value is -3.16. The van der Waals surface area contributed by atoms with Gasteiger partial charge in [0.25, 0.3) is 0 Å². The molecule has 0 radical (unpaired) electrons. The van der Waals surface area contributed by atoms with Gasteiger partial charge in [0.05, 0.1) is 0 Å². The van der Waals surface area contributed by atoms with Crippen molar-refractivity contribution >= 4 is 34.3 Å². The highest BCUT2D eigenvalue weighted by atomic mass is 35.5. The lowest BCUT2D eigenvalue weighted by Crippen LogP contribution is -2.47. The number of nitrogens with one attached hydrogen (secondary N) is 1. The predicted molar refractivity (Wildman–Crippen MR) is 139 cm³/mol. The molecular weight excluding hydrogens is 446 g/mol. The highest BCUT2D eigenvalue weighted by molar-refractivity contribution is 6.30. The fourth-order valence-corrected chi connectivity index (χ4v) is 4.78. The lowest BCUT2D eigenvalue weighted by molar-refractivity contribution is 0.267. The van der Waals surface area contributed by atoms with E-state index >= 15 is 0 Å². The fraction of sp³-hybridized carbons (Fsp3) is 0.346. The van der Waals surface area contributed by atoms with Crippen LogP contribution in [0.25, 0.3) is 16.9 Å². The van der Waals surface area contributed by atoms with Crippen LogP contribution < -0.4 is 10.2 Å². The number of aromatic nitrogens is 4. The average Bonchev–Trinajstić information content (AvgIpc) is 3.18. The van der Waals surface area contributed by atoms with Gasteiger partial charge in [-0.2, -0.15) is 0 Å². The summed E-state index contributed by atoms with van der Waals surface area (Å²) in [7, 11) is 0. The Morgan fingerprint density at radius 2 is 1.71 bits per heavy atom. The molecule has 1 aliphatic rings. The first-order valence-electron chi connectivity index (χ1n) is 11.7. The van der Waals surface area contributed by atoms with Crippen molar-refractivity contribution in [2.45, 2.75) is 20.8 Å². The number of hydrogen-bond donors (Lipinski definition) is 1. The molecule has 1 saturated heterocycles. The lowest BCUT2D eigenvalue weighted by atomic mass is 10.1. The third-order valence-electron chi connectivity index (χ3n) is 6.71. The van der Waals surface area contributed by atoms with Gasteiger partial charge < -0.3 is 10.2 Å². The molecule has 1 fully saturated rings. The third-order valence-corrected chi connectivity index (χ3v) is 6.96. The quantitative estimate of drug-likeness (QED) is 0.438. The van der Waals surface area contributed by atoms with Crippen LogP contribution in [0.15, 0.2) is 48.8 Å². The van der Waals surface area contributed by atoms with Crippen molar-refractivity contribution in [3.05, 3.63) is 70.8 Å². The summed E-state index contributed by atoms with van der Waals surface area (Å²) in [5.41, 5.74) is 6.67. The topological polar surface area (TPSA) is 62.1 Å². The van der Waals surface area contributed by atoms with Crippen LogP contribution in [0.1, 0.15) is 17.0 Å². The number of aryl methyl sites for hydroxylation is 2. The summed E-state index contributed by atoms with van der Waals surface area (Å²) in [5.74, 6) is 1.64. The molecule has 3 heterocycles. The van der Waals surface area contributed by atoms with Gasteiger partial charge in [-0.15, -0.1) is 0 Å². The van der Waals surface area contributed by atoms with E-state index in [9.17, 15) is 0 Å². The Morgan fingerprint density at radius 1 is 0.941 bits per heavy atom. The zero-order valence-corrected chi connectivity index (χ0v) is 20.7. The Labute approximate surface area is 205 Å². The fourth-order valence-electron chi connectivity index (χ4n) is 4.65. The third kappa shape index (κ3) is 4.45. The molecule has 2 aromatic carbocycles. The molecule has 5 rings (SSSR count). The van der Waals surface area contributed by atoms with Crippen molar-refractivity contribution in [3.63, 3.8) is 0 Å². The molecule has 4 aromatic rings. The molecular formula is C26H30ClN7. The number of imidazole rings is 1. The van der Waals surface area contributed by atoms with Gasteiger partial charge in [-0.25, -0.2) is 15.0 Å². The second-order valence-electron chi connectivity index (χ2n) is 8.84. The van der Waals surface area contributed by atoms with E-state index in [1.165, 1.54) is 16.8 Å². The maximum Gasteiger partial charge on any atom is 0.170 e. The van der Waals surface area contributed by atoms with E-state index in [0.29, 0.717) is 5.02 Å². The Bertz CT molecular complexity index is 1290. The zero-order chi connectivity index (χ0) is 23.7. The van der Waals surface area contributed by atoms with Crippen molar-refractivity contribution in [2.24, 2.45) is 0 Å². The predicted octanol–water partition coefficient (Wildman–Crippen LogP) is 4.63. The molecule has 2 aromatic heterocycles. The summed E-state index contributed by atoms with van der Waals surface area (Å²) in [6.45, 7) is 12.4. The van der Waals surface area contributed by atoms with E-state index in [1.54, 1.807) is 6.33 Å². The first-order chi connectivity index (χ1) is 16.5. The molecule has 0 spiro atoms. The van der Waals surface area contributed by atoms with Crippen molar-refractivity contribution in [2.75, 3.05) is 49.5 Å². The number of piperazine rings is 1. The first-order valence-corrected chi connectivity index (χ1v) is 12.1. The minimum Gasteiger partial charge on any atom is -0.369 e. The highest BCUT2D eigenvalue weighted by Crippen LogP contribution is 2.25. The lowest BCUT2D eigenvalue weighted by Gasteiger charge is -2.37. The van der Waals surface area contributed by atoms with Gasteiger partial charge in [-0.3, -0.25) is 9.47 Å². The largest absolute Gasteiger partial charge is 0.369 e. The minimum absolute atomic E-state index is 0.706.